The molecule has 1 atom stereocenters. The maximum absolute atomic E-state index is 12.6. The quantitative estimate of drug-likeness (QED) is 0.516. The molecule has 0 bridgehead atoms. The minimum absolute atomic E-state index is 0.00771. The standard InChI is InChI=1S/C24H30N4O3S/c1-27-9-8-18-14-17(6-7-21(18)27)22(28-10-12-31-13-11-28)16-25-23(29)24(30)26-19-4-3-5-20(15-19)32-2/h3-7,14-15,22H,8-13,16H2,1-2H3,(H,25,29)(H,26,30)/t22-/m1/s1. The molecule has 0 unspecified atom stereocenters. The van der Waals surface area contributed by atoms with Crippen molar-refractivity contribution in [2.24, 2.45) is 0 Å². The summed E-state index contributed by atoms with van der Waals surface area (Å²) < 4.78 is 5.52. The molecule has 170 valence electrons. The van der Waals surface area contributed by atoms with Crippen LogP contribution in [0.3, 0.4) is 0 Å². The number of nitrogens with one attached hydrogen (secondary N) is 2. The van der Waals surface area contributed by atoms with E-state index >= 15 is 0 Å². The van der Waals surface area contributed by atoms with Gasteiger partial charge in [-0.3, -0.25) is 14.5 Å². The van der Waals surface area contributed by atoms with Crippen molar-refractivity contribution in [3.8, 4) is 0 Å². The fourth-order valence-electron chi connectivity index (χ4n) is 4.30. The molecule has 8 heteroatoms. The first-order chi connectivity index (χ1) is 15.5. The van der Waals surface area contributed by atoms with E-state index in [1.807, 2.05) is 24.5 Å². The van der Waals surface area contributed by atoms with Crippen molar-refractivity contribution >= 4 is 35.0 Å². The minimum atomic E-state index is -0.653. The molecule has 7 nitrogen and oxygen atoms in total. The number of anilines is 2. The highest BCUT2D eigenvalue weighted by Gasteiger charge is 2.26. The van der Waals surface area contributed by atoms with Crippen LogP contribution < -0.4 is 15.5 Å². The Morgan fingerprint density at radius 1 is 1.09 bits per heavy atom. The van der Waals surface area contributed by atoms with Crippen LogP contribution in [0.25, 0.3) is 0 Å². The Bertz CT molecular complexity index is 977. The molecular weight excluding hydrogens is 424 g/mol. The molecule has 32 heavy (non-hydrogen) atoms. The Labute approximate surface area is 193 Å². The Kier molecular flexibility index (Phi) is 7.34. The SMILES string of the molecule is CSc1cccc(NC(=O)C(=O)NC[C@H](c2ccc3c(c2)CCN3C)N2CCOCC2)c1. The smallest absolute Gasteiger partial charge is 0.313 e. The van der Waals surface area contributed by atoms with Gasteiger partial charge in [-0.25, -0.2) is 0 Å². The number of nitrogens with zero attached hydrogens (tertiary/aromatic N) is 2. The van der Waals surface area contributed by atoms with Gasteiger partial charge in [-0.05, 0) is 48.1 Å². The Hall–Kier alpha value is -2.55. The third-order valence-corrected chi connectivity index (χ3v) is 6.82. The summed E-state index contributed by atoms with van der Waals surface area (Å²) in [5, 5.41) is 5.55. The maximum atomic E-state index is 12.6. The molecule has 0 radical (unpaired) electrons. The van der Waals surface area contributed by atoms with E-state index in [-0.39, 0.29) is 6.04 Å². The first-order valence-electron chi connectivity index (χ1n) is 10.9. The molecule has 0 spiro atoms. The lowest BCUT2D eigenvalue weighted by atomic mass is 10.0. The van der Waals surface area contributed by atoms with Gasteiger partial charge in [-0.2, -0.15) is 0 Å². The van der Waals surface area contributed by atoms with Crippen LogP contribution in [0.15, 0.2) is 47.4 Å². The van der Waals surface area contributed by atoms with Crippen LogP contribution in [0.1, 0.15) is 17.2 Å². The van der Waals surface area contributed by atoms with E-state index in [9.17, 15) is 9.59 Å². The van der Waals surface area contributed by atoms with Crippen LogP contribution in [0, 0.1) is 0 Å². The van der Waals surface area contributed by atoms with Crippen molar-refractivity contribution in [2.75, 3.05) is 62.9 Å². The lowest BCUT2D eigenvalue weighted by Crippen LogP contribution is -2.45. The van der Waals surface area contributed by atoms with Gasteiger partial charge in [0.25, 0.3) is 0 Å². The van der Waals surface area contributed by atoms with Gasteiger partial charge in [0.05, 0.1) is 19.3 Å². The average molecular weight is 455 g/mol. The number of amides is 2. The van der Waals surface area contributed by atoms with E-state index in [0.717, 1.165) is 36.5 Å². The number of fused-ring (bicyclic) bond motifs is 1. The molecule has 1 saturated heterocycles. The summed E-state index contributed by atoms with van der Waals surface area (Å²) in [6.07, 6.45) is 3.00. The van der Waals surface area contributed by atoms with Crippen LogP contribution in [0.2, 0.25) is 0 Å². The molecule has 0 aliphatic carbocycles. The monoisotopic (exact) mass is 454 g/mol. The van der Waals surface area contributed by atoms with Crippen LogP contribution in [0.5, 0.6) is 0 Å². The van der Waals surface area contributed by atoms with Crippen LogP contribution in [0.4, 0.5) is 11.4 Å². The number of thioether (sulfide) groups is 1. The fraction of sp³-hybridized carbons (Fsp3) is 0.417. The first-order valence-corrected chi connectivity index (χ1v) is 12.2. The van der Waals surface area contributed by atoms with Gasteiger partial charge >= 0.3 is 11.8 Å². The molecule has 4 rings (SSSR count). The first kappa shape index (κ1) is 22.6. The van der Waals surface area contributed by atoms with Gasteiger partial charge < -0.3 is 20.3 Å². The van der Waals surface area contributed by atoms with Crippen LogP contribution >= 0.6 is 11.8 Å². The molecule has 2 heterocycles. The second-order valence-corrected chi connectivity index (χ2v) is 9.00. The zero-order chi connectivity index (χ0) is 22.5. The number of carbonyl (C=O) groups excluding carboxylic acids is 2. The van der Waals surface area contributed by atoms with Crippen molar-refractivity contribution in [3.05, 3.63) is 53.6 Å². The molecule has 2 N–H and O–H groups in total. The van der Waals surface area contributed by atoms with Gasteiger partial charge in [0.2, 0.25) is 0 Å². The Balaban J connectivity index is 1.44. The highest BCUT2D eigenvalue weighted by atomic mass is 32.2. The lowest BCUT2D eigenvalue weighted by Gasteiger charge is -2.35. The summed E-state index contributed by atoms with van der Waals surface area (Å²) >= 11 is 1.58. The van der Waals surface area contributed by atoms with E-state index in [0.29, 0.717) is 25.4 Å². The topological polar surface area (TPSA) is 73.9 Å². The summed E-state index contributed by atoms with van der Waals surface area (Å²) in [6, 6.07) is 14.0. The highest BCUT2D eigenvalue weighted by molar-refractivity contribution is 7.98. The van der Waals surface area contributed by atoms with Crippen molar-refractivity contribution in [1.82, 2.24) is 10.2 Å². The molecule has 0 aromatic heterocycles. The van der Waals surface area contributed by atoms with E-state index in [2.05, 4.69) is 45.7 Å². The number of rotatable bonds is 6. The highest BCUT2D eigenvalue weighted by Crippen LogP contribution is 2.31. The summed E-state index contributed by atoms with van der Waals surface area (Å²) in [5.74, 6) is -1.28. The van der Waals surface area contributed by atoms with Crippen molar-refractivity contribution < 1.29 is 14.3 Å². The molecule has 2 aromatic carbocycles. The minimum Gasteiger partial charge on any atom is -0.379 e. The molecule has 2 aliphatic rings. The Morgan fingerprint density at radius 2 is 1.91 bits per heavy atom. The molecule has 2 amide bonds. The third-order valence-electron chi connectivity index (χ3n) is 6.09. The van der Waals surface area contributed by atoms with Gasteiger partial charge in [0, 0.05) is 49.5 Å². The predicted molar refractivity (Wildman–Crippen MR) is 128 cm³/mol. The number of hydrogen-bond acceptors (Lipinski definition) is 6. The number of carbonyl (C=O) groups is 2. The average Bonchev–Trinajstić information content (AvgIpc) is 3.20. The number of ether oxygens (including phenoxy) is 1. The number of likely N-dealkylation sites (N-methyl/N-ethyl adjacent to an activating group) is 1. The predicted octanol–water partition coefficient (Wildman–Crippen LogP) is 2.53. The van der Waals surface area contributed by atoms with Crippen LogP contribution in [-0.2, 0) is 20.7 Å². The summed E-state index contributed by atoms with van der Waals surface area (Å²) in [7, 11) is 2.11. The van der Waals surface area contributed by atoms with Gasteiger partial charge in [-0.1, -0.05) is 18.2 Å². The maximum Gasteiger partial charge on any atom is 0.313 e. The molecular formula is C24H30N4O3S. The number of hydrogen-bond donors (Lipinski definition) is 2. The molecule has 0 saturated carbocycles. The zero-order valence-corrected chi connectivity index (χ0v) is 19.4. The second kappa shape index (κ2) is 10.4. The van der Waals surface area contributed by atoms with E-state index in [1.165, 1.54) is 11.3 Å². The van der Waals surface area contributed by atoms with Crippen molar-refractivity contribution in [2.45, 2.75) is 17.4 Å². The Morgan fingerprint density at radius 3 is 2.69 bits per heavy atom. The fourth-order valence-corrected chi connectivity index (χ4v) is 4.76. The van der Waals surface area contributed by atoms with Crippen LogP contribution in [-0.4, -0.2) is 69.4 Å². The summed E-state index contributed by atoms with van der Waals surface area (Å²) in [4.78, 5) is 30.6. The molecule has 2 aromatic rings. The van der Waals surface area contributed by atoms with Gasteiger partial charge in [-0.15, -0.1) is 11.8 Å². The number of benzene rings is 2. The zero-order valence-electron chi connectivity index (χ0n) is 18.6. The summed E-state index contributed by atoms with van der Waals surface area (Å²) in [5.41, 5.74) is 4.38. The van der Waals surface area contributed by atoms with E-state index < -0.39 is 11.8 Å². The van der Waals surface area contributed by atoms with Crippen molar-refractivity contribution in [1.29, 1.82) is 0 Å². The normalized spacial score (nSPS) is 17.0. The third kappa shape index (κ3) is 5.26. The number of morpholine rings is 1. The van der Waals surface area contributed by atoms with Crippen molar-refractivity contribution in [3.63, 3.8) is 0 Å². The van der Waals surface area contributed by atoms with Gasteiger partial charge in [0.1, 0.15) is 0 Å². The van der Waals surface area contributed by atoms with Gasteiger partial charge in [0.15, 0.2) is 0 Å². The van der Waals surface area contributed by atoms with E-state index in [1.54, 1.807) is 17.8 Å². The second-order valence-electron chi connectivity index (χ2n) is 8.12. The molecule has 2 aliphatic heterocycles. The molecule has 1 fully saturated rings. The lowest BCUT2D eigenvalue weighted by molar-refractivity contribution is -0.136. The summed E-state index contributed by atoms with van der Waals surface area (Å²) in [6.45, 7) is 4.33. The van der Waals surface area contributed by atoms with E-state index in [4.69, 9.17) is 4.74 Å². The largest absolute Gasteiger partial charge is 0.379 e.